The van der Waals surface area contributed by atoms with Crippen molar-refractivity contribution in [2.24, 2.45) is 5.92 Å². The van der Waals surface area contributed by atoms with Gasteiger partial charge in [-0.25, -0.2) is 4.68 Å². The van der Waals surface area contributed by atoms with E-state index in [0.29, 0.717) is 6.54 Å². The zero-order valence-electron chi connectivity index (χ0n) is 15.7. The van der Waals surface area contributed by atoms with Crippen molar-refractivity contribution in [1.82, 2.24) is 9.78 Å². The predicted molar refractivity (Wildman–Crippen MR) is 114 cm³/mol. The van der Waals surface area contributed by atoms with Gasteiger partial charge < -0.3 is 10.2 Å². The second-order valence-electron chi connectivity index (χ2n) is 7.24. The maximum atomic E-state index is 13.1. The third-order valence-corrected chi connectivity index (χ3v) is 6.33. The highest BCUT2D eigenvalue weighted by molar-refractivity contribution is 7.98. The molecule has 1 aromatic heterocycles. The average molecular weight is 404 g/mol. The molecule has 29 heavy (non-hydrogen) atoms. The van der Waals surface area contributed by atoms with Gasteiger partial charge in [-0.2, -0.15) is 16.9 Å². The molecule has 0 saturated carbocycles. The van der Waals surface area contributed by atoms with Crippen LogP contribution in [0.5, 0.6) is 0 Å². The molecule has 2 aliphatic rings. The highest BCUT2D eigenvalue weighted by Crippen LogP contribution is 2.36. The number of nitrogens with zero attached hydrogens (tertiary/aromatic N) is 3. The first-order valence-electron chi connectivity index (χ1n) is 9.61. The van der Waals surface area contributed by atoms with E-state index >= 15 is 0 Å². The van der Waals surface area contributed by atoms with Crippen molar-refractivity contribution in [2.45, 2.75) is 17.9 Å². The molecule has 0 radical (unpaired) electrons. The molecule has 1 fully saturated rings. The number of hydrogen-bond acceptors (Lipinski definition) is 4. The number of nitrogens with one attached hydrogen (secondary N) is 1. The van der Waals surface area contributed by atoms with Crippen LogP contribution in [-0.2, 0) is 21.1 Å². The van der Waals surface area contributed by atoms with Gasteiger partial charge in [0.1, 0.15) is 5.82 Å². The summed E-state index contributed by atoms with van der Waals surface area (Å²) in [6.45, 7) is 0.394. The van der Waals surface area contributed by atoms with Crippen molar-refractivity contribution in [3.05, 3.63) is 71.9 Å². The van der Waals surface area contributed by atoms with Crippen LogP contribution in [0.2, 0.25) is 0 Å². The van der Waals surface area contributed by atoms with Crippen LogP contribution >= 0.6 is 11.8 Å². The van der Waals surface area contributed by atoms with Crippen molar-refractivity contribution in [2.75, 3.05) is 16.8 Å². The Balaban J connectivity index is 1.40. The molecule has 2 aromatic carbocycles. The number of aromatic nitrogens is 2. The van der Waals surface area contributed by atoms with Crippen molar-refractivity contribution in [3.63, 3.8) is 0 Å². The maximum absolute atomic E-state index is 13.1. The van der Waals surface area contributed by atoms with Crippen molar-refractivity contribution in [3.8, 4) is 5.69 Å². The Bertz CT molecular complexity index is 1070. The molecule has 6 nitrogen and oxygen atoms in total. The normalized spacial score (nSPS) is 18.1. The van der Waals surface area contributed by atoms with Gasteiger partial charge in [0.25, 0.3) is 0 Å². The van der Waals surface area contributed by atoms with E-state index in [2.05, 4.69) is 5.32 Å². The minimum absolute atomic E-state index is 0.0197. The molecule has 2 amide bonds. The van der Waals surface area contributed by atoms with E-state index in [9.17, 15) is 9.59 Å². The first kappa shape index (κ1) is 18.0. The Hall–Kier alpha value is -3.06. The van der Waals surface area contributed by atoms with E-state index in [1.165, 1.54) is 0 Å². The zero-order chi connectivity index (χ0) is 19.8. The number of carbonyl (C=O) groups excluding carboxylic acids is 2. The standard InChI is InChI=1S/C22H20N4O2S/c27-20-11-15(12-25(20)16-7-3-1-4-8-16)22(28)23-21-18-13-29-14-19(18)24-26(21)17-9-5-2-6-10-17/h1-10,15H,11-14H2,(H,23,28). The van der Waals surface area contributed by atoms with Crippen LogP contribution in [-0.4, -0.2) is 28.1 Å². The molecule has 3 aromatic rings. The largest absolute Gasteiger partial charge is 0.312 e. The lowest BCUT2D eigenvalue weighted by Gasteiger charge is -2.17. The van der Waals surface area contributed by atoms with Gasteiger partial charge in [-0.3, -0.25) is 9.59 Å². The number of thioether (sulfide) groups is 1. The number of para-hydroxylation sites is 2. The van der Waals surface area contributed by atoms with Crippen LogP contribution in [0.4, 0.5) is 11.5 Å². The molecular weight excluding hydrogens is 384 g/mol. The lowest BCUT2D eigenvalue weighted by Crippen LogP contribution is -2.28. The summed E-state index contributed by atoms with van der Waals surface area (Å²) in [7, 11) is 0. The first-order chi connectivity index (χ1) is 14.2. The SMILES string of the molecule is O=C(Nc1c2c(nn1-c1ccccc1)CSC2)C1CC(=O)N(c2ccccc2)C1. The van der Waals surface area contributed by atoms with E-state index in [-0.39, 0.29) is 24.2 Å². The van der Waals surface area contributed by atoms with Gasteiger partial charge in [0, 0.05) is 35.7 Å². The monoisotopic (exact) mass is 404 g/mol. The van der Waals surface area contributed by atoms with Crippen LogP contribution in [0.3, 0.4) is 0 Å². The fourth-order valence-corrected chi connectivity index (χ4v) is 4.89. The summed E-state index contributed by atoms with van der Waals surface area (Å²) < 4.78 is 1.81. The van der Waals surface area contributed by atoms with E-state index in [1.54, 1.807) is 16.7 Å². The van der Waals surface area contributed by atoms with Gasteiger partial charge in [0.15, 0.2) is 0 Å². The number of hydrogen-bond donors (Lipinski definition) is 1. The van der Waals surface area contributed by atoms with E-state index in [4.69, 9.17) is 5.10 Å². The fourth-order valence-electron chi connectivity index (χ4n) is 3.86. The molecular formula is C22H20N4O2S. The number of carbonyl (C=O) groups is 2. The summed E-state index contributed by atoms with van der Waals surface area (Å²) in [5.74, 6) is 1.87. The van der Waals surface area contributed by atoms with Gasteiger partial charge in [0.2, 0.25) is 11.8 Å². The van der Waals surface area contributed by atoms with Gasteiger partial charge in [-0.15, -0.1) is 0 Å². The lowest BCUT2D eigenvalue weighted by molar-refractivity contribution is -0.122. The van der Waals surface area contributed by atoms with Crippen LogP contribution in [0.1, 0.15) is 17.7 Å². The second-order valence-corrected chi connectivity index (χ2v) is 8.23. The molecule has 1 saturated heterocycles. The van der Waals surface area contributed by atoms with E-state index in [0.717, 1.165) is 40.0 Å². The lowest BCUT2D eigenvalue weighted by atomic mass is 10.1. The fraction of sp³-hybridized carbons (Fsp3) is 0.227. The third kappa shape index (κ3) is 3.31. The summed E-state index contributed by atoms with van der Waals surface area (Å²) >= 11 is 1.80. The Morgan fingerprint density at radius 3 is 2.41 bits per heavy atom. The van der Waals surface area contributed by atoms with Crippen LogP contribution in [0.15, 0.2) is 60.7 Å². The van der Waals surface area contributed by atoms with Gasteiger partial charge >= 0.3 is 0 Å². The van der Waals surface area contributed by atoms with Crippen LogP contribution in [0.25, 0.3) is 5.69 Å². The van der Waals surface area contributed by atoms with Gasteiger partial charge in [-0.05, 0) is 24.3 Å². The Labute approximate surface area is 172 Å². The summed E-state index contributed by atoms with van der Waals surface area (Å²) in [6.07, 6.45) is 0.219. The minimum Gasteiger partial charge on any atom is -0.312 e. The number of fused-ring (bicyclic) bond motifs is 1. The predicted octanol–water partition coefficient (Wildman–Crippen LogP) is 3.61. The molecule has 7 heteroatoms. The summed E-state index contributed by atoms with van der Waals surface area (Å²) in [5.41, 5.74) is 3.84. The molecule has 1 unspecified atom stereocenters. The first-order valence-corrected chi connectivity index (χ1v) is 10.8. The number of anilines is 2. The Morgan fingerprint density at radius 2 is 1.69 bits per heavy atom. The van der Waals surface area contributed by atoms with Crippen molar-refractivity contribution < 1.29 is 9.59 Å². The Morgan fingerprint density at radius 1 is 1.00 bits per heavy atom. The van der Waals surface area contributed by atoms with Gasteiger partial charge in [-0.1, -0.05) is 36.4 Å². The van der Waals surface area contributed by atoms with Crippen molar-refractivity contribution >= 4 is 35.1 Å². The highest BCUT2D eigenvalue weighted by Gasteiger charge is 2.36. The molecule has 5 rings (SSSR count). The molecule has 0 bridgehead atoms. The summed E-state index contributed by atoms with van der Waals surface area (Å²) in [5, 5.41) is 7.82. The highest BCUT2D eigenvalue weighted by atomic mass is 32.2. The molecule has 2 aliphatic heterocycles. The molecule has 1 N–H and O–H groups in total. The molecule has 1 atom stereocenters. The molecule has 3 heterocycles. The van der Waals surface area contributed by atoms with Crippen LogP contribution in [0, 0.1) is 5.92 Å². The topological polar surface area (TPSA) is 67.2 Å². The second kappa shape index (κ2) is 7.40. The zero-order valence-corrected chi connectivity index (χ0v) is 16.6. The van der Waals surface area contributed by atoms with Crippen LogP contribution < -0.4 is 10.2 Å². The third-order valence-electron chi connectivity index (χ3n) is 5.36. The summed E-state index contributed by atoms with van der Waals surface area (Å²) in [6, 6.07) is 19.3. The molecule has 0 spiro atoms. The maximum Gasteiger partial charge on any atom is 0.230 e. The van der Waals surface area contributed by atoms with E-state index < -0.39 is 0 Å². The smallest absolute Gasteiger partial charge is 0.230 e. The molecule has 146 valence electrons. The summed E-state index contributed by atoms with van der Waals surface area (Å²) in [4.78, 5) is 27.3. The molecule has 0 aliphatic carbocycles. The van der Waals surface area contributed by atoms with E-state index in [1.807, 2.05) is 65.3 Å². The number of rotatable bonds is 4. The number of benzene rings is 2. The number of amides is 2. The minimum atomic E-state index is -0.383. The van der Waals surface area contributed by atoms with Crippen molar-refractivity contribution in [1.29, 1.82) is 0 Å². The Kier molecular flexibility index (Phi) is 4.60. The quantitative estimate of drug-likeness (QED) is 0.721. The average Bonchev–Trinajstić information content (AvgIpc) is 3.45. The van der Waals surface area contributed by atoms with Gasteiger partial charge in [0.05, 0.1) is 17.3 Å².